The molecule has 2 N–H and O–H groups in total. The minimum atomic E-state index is -4.93. The average Bonchev–Trinajstić information content (AvgIpc) is 3.19. The minimum absolute atomic E-state index is 0.156. The molecule has 0 unspecified atom stereocenters. The number of nitrogens with one attached hydrogen (secondary N) is 2. The number of hydrogen-bond donors (Lipinski definition) is 2. The van der Waals surface area contributed by atoms with Crippen molar-refractivity contribution in [2.24, 2.45) is 0 Å². The highest BCUT2D eigenvalue weighted by Gasteiger charge is 2.31. The van der Waals surface area contributed by atoms with Crippen molar-refractivity contribution in [1.29, 1.82) is 0 Å². The molecule has 2 aromatic heterocycles. The van der Waals surface area contributed by atoms with Gasteiger partial charge in [-0.2, -0.15) is 5.10 Å². The van der Waals surface area contributed by atoms with E-state index in [-0.39, 0.29) is 23.6 Å². The molecule has 0 radical (unpaired) electrons. The van der Waals surface area contributed by atoms with Crippen molar-refractivity contribution in [3.63, 3.8) is 0 Å². The van der Waals surface area contributed by atoms with Gasteiger partial charge >= 0.3 is 6.36 Å². The first-order valence-corrected chi connectivity index (χ1v) is 10.6. The first-order chi connectivity index (χ1) is 17.0. The summed E-state index contributed by atoms with van der Waals surface area (Å²) in [5.41, 5.74) is 1.24. The predicted molar refractivity (Wildman–Crippen MR) is 122 cm³/mol. The molecular formula is C23H16ClF4N5O3. The van der Waals surface area contributed by atoms with Crippen LogP contribution in [0, 0.1) is 5.82 Å². The van der Waals surface area contributed by atoms with Gasteiger partial charge in [-0.15, -0.1) is 13.2 Å². The van der Waals surface area contributed by atoms with Gasteiger partial charge in [0.15, 0.2) is 11.5 Å². The van der Waals surface area contributed by atoms with Gasteiger partial charge in [0.1, 0.15) is 11.6 Å². The van der Waals surface area contributed by atoms with Crippen molar-refractivity contribution in [3.8, 4) is 17.0 Å². The SMILES string of the molecule is CC(=O)Nc1cn2nc(-c3cc(C(=O)NCc4cc(OC(F)(F)F)ccc4F)ccc3Cl)ccc2n1. The van der Waals surface area contributed by atoms with Crippen LogP contribution in [0.15, 0.2) is 54.7 Å². The number of halogens is 5. The number of benzene rings is 2. The molecule has 0 fully saturated rings. The van der Waals surface area contributed by atoms with Crippen LogP contribution in [0.2, 0.25) is 5.02 Å². The monoisotopic (exact) mass is 521 g/mol. The van der Waals surface area contributed by atoms with Gasteiger partial charge in [-0.25, -0.2) is 13.9 Å². The van der Waals surface area contributed by atoms with E-state index in [0.29, 0.717) is 27.7 Å². The smallest absolute Gasteiger partial charge is 0.406 e. The summed E-state index contributed by atoms with van der Waals surface area (Å²) in [6.45, 7) is 0.962. The van der Waals surface area contributed by atoms with E-state index in [4.69, 9.17) is 11.6 Å². The molecule has 0 atom stereocenters. The van der Waals surface area contributed by atoms with Crippen LogP contribution in [-0.2, 0) is 11.3 Å². The highest BCUT2D eigenvalue weighted by molar-refractivity contribution is 6.33. The highest BCUT2D eigenvalue weighted by atomic mass is 35.5. The van der Waals surface area contributed by atoms with Gasteiger partial charge in [-0.1, -0.05) is 11.6 Å². The Morgan fingerprint density at radius 1 is 1.11 bits per heavy atom. The quantitative estimate of drug-likeness (QED) is 0.349. The number of ether oxygens (including phenoxy) is 1. The largest absolute Gasteiger partial charge is 0.573 e. The van der Waals surface area contributed by atoms with Crippen LogP contribution in [0.5, 0.6) is 5.75 Å². The summed E-state index contributed by atoms with van der Waals surface area (Å²) in [6.07, 6.45) is -3.42. The zero-order chi connectivity index (χ0) is 26.0. The zero-order valence-electron chi connectivity index (χ0n) is 18.4. The van der Waals surface area contributed by atoms with Gasteiger partial charge in [0.2, 0.25) is 5.91 Å². The first kappa shape index (κ1) is 24.9. The number of carbonyl (C=O) groups is 2. The Morgan fingerprint density at radius 2 is 1.89 bits per heavy atom. The Morgan fingerprint density at radius 3 is 2.61 bits per heavy atom. The summed E-state index contributed by atoms with van der Waals surface area (Å²) < 4.78 is 56.6. The van der Waals surface area contributed by atoms with Gasteiger partial charge in [0.25, 0.3) is 5.91 Å². The molecule has 2 aromatic carbocycles. The number of hydrogen-bond acceptors (Lipinski definition) is 5. The molecular weight excluding hydrogens is 506 g/mol. The number of nitrogens with zero attached hydrogens (tertiary/aromatic N) is 3. The summed E-state index contributed by atoms with van der Waals surface area (Å²) >= 11 is 6.32. The molecule has 186 valence electrons. The first-order valence-electron chi connectivity index (χ1n) is 10.2. The van der Waals surface area contributed by atoms with Crippen molar-refractivity contribution >= 4 is 34.9 Å². The van der Waals surface area contributed by atoms with Gasteiger partial charge in [0, 0.05) is 30.2 Å². The topological polar surface area (TPSA) is 97.6 Å². The second-order valence-electron chi connectivity index (χ2n) is 7.51. The number of amides is 2. The number of anilines is 1. The van der Waals surface area contributed by atoms with E-state index in [1.807, 2.05) is 0 Å². The van der Waals surface area contributed by atoms with E-state index < -0.39 is 23.8 Å². The highest BCUT2D eigenvalue weighted by Crippen LogP contribution is 2.28. The van der Waals surface area contributed by atoms with Crippen molar-refractivity contribution in [2.75, 3.05) is 5.32 Å². The molecule has 8 nitrogen and oxygen atoms in total. The number of carbonyl (C=O) groups excluding carboxylic acids is 2. The summed E-state index contributed by atoms with van der Waals surface area (Å²) in [5, 5.41) is 9.72. The Hall–Kier alpha value is -4.19. The van der Waals surface area contributed by atoms with Gasteiger partial charge in [-0.3, -0.25) is 9.59 Å². The molecule has 0 bridgehead atoms. The summed E-state index contributed by atoms with van der Waals surface area (Å²) in [5.74, 6) is -2.02. The van der Waals surface area contributed by atoms with E-state index in [0.717, 1.165) is 18.2 Å². The molecule has 0 aliphatic carbocycles. The van der Waals surface area contributed by atoms with Crippen molar-refractivity contribution in [3.05, 3.63) is 76.7 Å². The maximum Gasteiger partial charge on any atom is 0.573 e. The fourth-order valence-corrected chi connectivity index (χ4v) is 3.50. The minimum Gasteiger partial charge on any atom is -0.406 e. The zero-order valence-corrected chi connectivity index (χ0v) is 19.1. The van der Waals surface area contributed by atoms with Gasteiger partial charge in [-0.05, 0) is 48.5 Å². The molecule has 13 heteroatoms. The van der Waals surface area contributed by atoms with Crippen molar-refractivity contribution in [1.82, 2.24) is 19.9 Å². The maximum absolute atomic E-state index is 14.0. The molecule has 2 amide bonds. The Kier molecular flexibility index (Phi) is 6.80. The molecule has 4 aromatic rings. The van der Waals surface area contributed by atoms with Crippen molar-refractivity contribution in [2.45, 2.75) is 19.8 Å². The molecule has 0 saturated heterocycles. The average molecular weight is 522 g/mol. The van der Waals surface area contributed by atoms with Gasteiger partial charge in [0.05, 0.1) is 16.9 Å². The lowest BCUT2D eigenvalue weighted by Crippen LogP contribution is -2.23. The number of fused-ring (bicyclic) bond motifs is 1. The standard InChI is InChI=1S/C23H16ClF4N5O3/c1-12(34)30-20-11-33-21(31-20)7-6-19(32-33)16-9-13(2-4-17(16)24)22(35)29-10-14-8-15(3-5-18(14)25)36-23(26,27)28/h2-9,11H,10H2,1H3,(H,29,35)(H,30,34). The molecule has 0 aliphatic rings. The normalized spacial score (nSPS) is 11.4. The van der Waals surface area contributed by atoms with Crippen LogP contribution in [0.25, 0.3) is 16.9 Å². The third-order valence-electron chi connectivity index (χ3n) is 4.82. The molecule has 2 heterocycles. The Labute approximate surface area is 205 Å². The van der Waals surface area contributed by atoms with Crippen LogP contribution in [0.3, 0.4) is 0 Å². The second kappa shape index (κ2) is 9.82. The number of aromatic nitrogens is 3. The number of alkyl halides is 3. The Bertz CT molecular complexity index is 1470. The van der Waals surface area contributed by atoms with E-state index in [2.05, 4.69) is 25.5 Å². The Balaban J connectivity index is 1.54. The summed E-state index contributed by atoms with van der Waals surface area (Å²) in [6, 6.07) is 10.2. The van der Waals surface area contributed by atoms with Crippen LogP contribution in [0.4, 0.5) is 23.4 Å². The lowest BCUT2D eigenvalue weighted by molar-refractivity contribution is -0.274. The third kappa shape index (κ3) is 5.89. The van der Waals surface area contributed by atoms with E-state index in [1.54, 1.807) is 12.1 Å². The summed E-state index contributed by atoms with van der Waals surface area (Å²) in [7, 11) is 0. The molecule has 36 heavy (non-hydrogen) atoms. The lowest BCUT2D eigenvalue weighted by Gasteiger charge is -2.12. The van der Waals surface area contributed by atoms with E-state index in [9.17, 15) is 27.2 Å². The third-order valence-corrected chi connectivity index (χ3v) is 5.15. The lowest BCUT2D eigenvalue weighted by atomic mass is 10.1. The van der Waals surface area contributed by atoms with E-state index >= 15 is 0 Å². The fourth-order valence-electron chi connectivity index (χ4n) is 3.29. The van der Waals surface area contributed by atoms with E-state index in [1.165, 1.54) is 35.8 Å². The number of rotatable bonds is 6. The van der Waals surface area contributed by atoms with Crippen molar-refractivity contribution < 1.29 is 31.9 Å². The molecule has 0 aliphatic heterocycles. The number of imidazole rings is 1. The summed E-state index contributed by atoms with van der Waals surface area (Å²) in [4.78, 5) is 28.2. The van der Waals surface area contributed by atoms with Crippen LogP contribution >= 0.6 is 11.6 Å². The van der Waals surface area contributed by atoms with Crippen LogP contribution in [0.1, 0.15) is 22.8 Å². The molecule has 0 saturated carbocycles. The maximum atomic E-state index is 14.0. The molecule has 4 rings (SSSR count). The second-order valence-corrected chi connectivity index (χ2v) is 7.91. The van der Waals surface area contributed by atoms with Gasteiger partial charge < -0.3 is 15.4 Å². The van der Waals surface area contributed by atoms with Crippen LogP contribution in [-0.4, -0.2) is 32.8 Å². The predicted octanol–water partition coefficient (Wildman–Crippen LogP) is 4.98. The molecule has 0 spiro atoms. The van der Waals surface area contributed by atoms with Crippen LogP contribution < -0.4 is 15.4 Å². The fraction of sp³-hybridized carbons (Fsp3) is 0.130.